The molecule has 1 amide bonds. The molecule has 1 fully saturated rings. The molecule has 0 atom stereocenters. The van der Waals surface area contributed by atoms with Crippen molar-refractivity contribution in [3.8, 4) is 0 Å². The highest BCUT2D eigenvalue weighted by Crippen LogP contribution is 2.39. The predicted octanol–water partition coefficient (Wildman–Crippen LogP) is 1.68. The number of halogens is 1. The summed E-state index contributed by atoms with van der Waals surface area (Å²) in [5.74, 6) is -0.497. The number of hydrogen-bond acceptors (Lipinski definition) is 2. The summed E-state index contributed by atoms with van der Waals surface area (Å²) >= 11 is 0. The summed E-state index contributed by atoms with van der Waals surface area (Å²) < 4.78 is 12.7. The first-order valence-corrected chi connectivity index (χ1v) is 5.89. The average molecular weight is 236 g/mol. The van der Waals surface area contributed by atoms with Crippen LogP contribution in [0, 0.1) is 11.2 Å². The Morgan fingerprint density at radius 1 is 1.35 bits per heavy atom. The predicted molar refractivity (Wildman–Crippen MR) is 64.1 cm³/mol. The molecule has 0 aromatic heterocycles. The molecule has 0 heterocycles. The Bertz CT molecular complexity index is 393. The summed E-state index contributed by atoms with van der Waals surface area (Å²) in [4.78, 5) is 11.8. The van der Waals surface area contributed by atoms with Crippen LogP contribution < -0.4 is 11.1 Å². The lowest BCUT2D eigenvalue weighted by atomic mass is 9.69. The summed E-state index contributed by atoms with van der Waals surface area (Å²) in [6.45, 7) is 1.22. The third-order valence-corrected chi connectivity index (χ3v) is 3.58. The minimum Gasteiger partial charge on any atom is -0.351 e. The van der Waals surface area contributed by atoms with E-state index in [-0.39, 0.29) is 17.1 Å². The van der Waals surface area contributed by atoms with E-state index in [0.29, 0.717) is 18.7 Å². The summed E-state index contributed by atoms with van der Waals surface area (Å²) in [6.07, 6.45) is 3.34. The fourth-order valence-corrected chi connectivity index (χ4v) is 2.10. The van der Waals surface area contributed by atoms with E-state index in [1.807, 2.05) is 0 Å². The van der Waals surface area contributed by atoms with E-state index < -0.39 is 0 Å². The standard InChI is InChI=1S/C13H17FN2O/c14-11-4-2-10(3-5-11)12(17)16-9-13(8-15)6-1-7-13/h2-5H,1,6-9,15H2,(H,16,17). The molecular weight excluding hydrogens is 219 g/mol. The fraction of sp³-hybridized carbons (Fsp3) is 0.462. The second kappa shape index (κ2) is 4.84. The molecule has 0 radical (unpaired) electrons. The van der Waals surface area contributed by atoms with Gasteiger partial charge in [0.15, 0.2) is 0 Å². The number of nitrogens with two attached hydrogens (primary N) is 1. The summed E-state index contributed by atoms with van der Waals surface area (Å²) in [6, 6.07) is 5.55. The third kappa shape index (κ3) is 2.64. The Morgan fingerprint density at radius 3 is 2.47 bits per heavy atom. The molecule has 3 N–H and O–H groups in total. The molecule has 0 aliphatic heterocycles. The largest absolute Gasteiger partial charge is 0.351 e. The molecular formula is C13H17FN2O. The second-order valence-corrected chi connectivity index (χ2v) is 4.75. The van der Waals surface area contributed by atoms with Gasteiger partial charge in [0.2, 0.25) is 0 Å². The highest BCUT2D eigenvalue weighted by Gasteiger charge is 2.35. The van der Waals surface area contributed by atoms with Gasteiger partial charge in [0.25, 0.3) is 5.91 Å². The van der Waals surface area contributed by atoms with Crippen molar-refractivity contribution in [2.75, 3.05) is 13.1 Å². The second-order valence-electron chi connectivity index (χ2n) is 4.75. The highest BCUT2D eigenvalue weighted by molar-refractivity contribution is 5.94. The zero-order valence-electron chi connectivity index (χ0n) is 9.71. The SMILES string of the molecule is NCC1(CNC(=O)c2ccc(F)cc2)CCC1. The Balaban J connectivity index is 1.91. The molecule has 3 nitrogen and oxygen atoms in total. The smallest absolute Gasteiger partial charge is 0.251 e. The van der Waals surface area contributed by atoms with Crippen molar-refractivity contribution in [1.82, 2.24) is 5.32 Å². The van der Waals surface area contributed by atoms with Gasteiger partial charge in [0, 0.05) is 12.1 Å². The van der Waals surface area contributed by atoms with E-state index in [9.17, 15) is 9.18 Å². The molecule has 1 aliphatic rings. The number of carbonyl (C=O) groups is 1. The van der Waals surface area contributed by atoms with Crippen LogP contribution in [0.25, 0.3) is 0 Å². The molecule has 0 unspecified atom stereocenters. The number of hydrogen-bond donors (Lipinski definition) is 2. The molecule has 0 bridgehead atoms. The summed E-state index contributed by atoms with van der Waals surface area (Å²) in [5.41, 5.74) is 6.29. The zero-order chi connectivity index (χ0) is 12.3. The number of nitrogens with one attached hydrogen (secondary N) is 1. The van der Waals surface area contributed by atoms with Gasteiger partial charge in [-0.15, -0.1) is 0 Å². The van der Waals surface area contributed by atoms with Gasteiger partial charge in [0.05, 0.1) is 0 Å². The van der Waals surface area contributed by atoms with Crippen molar-refractivity contribution >= 4 is 5.91 Å². The lowest BCUT2D eigenvalue weighted by Gasteiger charge is -2.41. The van der Waals surface area contributed by atoms with Crippen LogP contribution in [0.2, 0.25) is 0 Å². The van der Waals surface area contributed by atoms with Gasteiger partial charge in [-0.1, -0.05) is 6.42 Å². The van der Waals surface area contributed by atoms with Crippen molar-refractivity contribution in [1.29, 1.82) is 0 Å². The van der Waals surface area contributed by atoms with Crippen LogP contribution in [-0.4, -0.2) is 19.0 Å². The van der Waals surface area contributed by atoms with Crippen molar-refractivity contribution in [2.45, 2.75) is 19.3 Å². The molecule has 0 saturated heterocycles. The Labute approximate surface area is 100 Å². The van der Waals surface area contributed by atoms with E-state index in [1.165, 1.54) is 30.7 Å². The van der Waals surface area contributed by atoms with Crippen LogP contribution in [0.1, 0.15) is 29.6 Å². The number of carbonyl (C=O) groups excluding carboxylic acids is 1. The van der Waals surface area contributed by atoms with Gasteiger partial charge in [0.1, 0.15) is 5.82 Å². The summed E-state index contributed by atoms with van der Waals surface area (Å²) in [5, 5.41) is 2.87. The monoisotopic (exact) mass is 236 g/mol. The van der Waals surface area contributed by atoms with Crippen LogP contribution >= 0.6 is 0 Å². The quantitative estimate of drug-likeness (QED) is 0.835. The molecule has 1 aromatic rings. The lowest BCUT2D eigenvalue weighted by molar-refractivity contribution is 0.0876. The van der Waals surface area contributed by atoms with E-state index >= 15 is 0 Å². The first-order valence-electron chi connectivity index (χ1n) is 5.89. The molecule has 17 heavy (non-hydrogen) atoms. The van der Waals surface area contributed by atoms with Crippen LogP contribution in [0.3, 0.4) is 0 Å². The van der Waals surface area contributed by atoms with Crippen molar-refractivity contribution in [3.63, 3.8) is 0 Å². The maximum absolute atomic E-state index is 12.7. The minimum atomic E-state index is -0.334. The van der Waals surface area contributed by atoms with Crippen molar-refractivity contribution in [2.24, 2.45) is 11.1 Å². The number of amides is 1. The Hall–Kier alpha value is -1.42. The van der Waals surface area contributed by atoms with Crippen molar-refractivity contribution in [3.05, 3.63) is 35.6 Å². The summed E-state index contributed by atoms with van der Waals surface area (Å²) in [7, 11) is 0. The van der Waals surface area contributed by atoms with Gasteiger partial charge in [-0.3, -0.25) is 4.79 Å². The topological polar surface area (TPSA) is 55.1 Å². The Kier molecular flexibility index (Phi) is 3.43. The molecule has 2 rings (SSSR count). The van der Waals surface area contributed by atoms with Gasteiger partial charge >= 0.3 is 0 Å². The zero-order valence-corrected chi connectivity index (χ0v) is 9.71. The normalized spacial score (nSPS) is 17.3. The van der Waals surface area contributed by atoms with Gasteiger partial charge in [-0.05, 0) is 49.1 Å². The van der Waals surface area contributed by atoms with Gasteiger partial charge in [-0.2, -0.15) is 0 Å². The van der Waals surface area contributed by atoms with E-state index in [0.717, 1.165) is 12.8 Å². The van der Waals surface area contributed by atoms with Crippen LogP contribution in [0.4, 0.5) is 4.39 Å². The molecule has 1 aromatic carbocycles. The van der Waals surface area contributed by atoms with E-state index in [1.54, 1.807) is 0 Å². The molecule has 92 valence electrons. The van der Waals surface area contributed by atoms with E-state index in [4.69, 9.17) is 5.73 Å². The molecule has 1 saturated carbocycles. The Morgan fingerprint density at radius 2 is 2.00 bits per heavy atom. The first-order chi connectivity index (χ1) is 8.15. The van der Waals surface area contributed by atoms with Crippen LogP contribution in [-0.2, 0) is 0 Å². The average Bonchev–Trinajstić information content (AvgIpc) is 2.29. The molecule has 4 heteroatoms. The number of benzene rings is 1. The molecule has 0 spiro atoms. The van der Waals surface area contributed by atoms with Crippen molar-refractivity contribution < 1.29 is 9.18 Å². The first kappa shape index (κ1) is 12.0. The third-order valence-electron chi connectivity index (χ3n) is 3.58. The van der Waals surface area contributed by atoms with Gasteiger partial charge in [-0.25, -0.2) is 4.39 Å². The molecule has 1 aliphatic carbocycles. The fourth-order valence-electron chi connectivity index (χ4n) is 2.10. The van der Waals surface area contributed by atoms with Gasteiger partial charge < -0.3 is 11.1 Å². The van der Waals surface area contributed by atoms with Crippen LogP contribution in [0.5, 0.6) is 0 Å². The number of rotatable bonds is 4. The maximum atomic E-state index is 12.7. The van der Waals surface area contributed by atoms with E-state index in [2.05, 4.69) is 5.32 Å². The maximum Gasteiger partial charge on any atom is 0.251 e. The highest BCUT2D eigenvalue weighted by atomic mass is 19.1. The lowest BCUT2D eigenvalue weighted by Crippen LogP contribution is -2.46. The van der Waals surface area contributed by atoms with Crippen LogP contribution in [0.15, 0.2) is 24.3 Å². The minimum absolute atomic E-state index is 0.0929.